The second kappa shape index (κ2) is 6.21. The SMILES string of the molecule is CC(CNCc1ccc(Cl)cc1Br)C(C)(C)C. The van der Waals surface area contributed by atoms with Gasteiger partial charge in [-0.05, 0) is 35.6 Å². The van der Waals surface area contributed by atoms with Crippen molar-refractivity contribution in [2.24, 2.45) is 11.3 Å². The molecule has 0 saturated heterocycles. The first-order chi connectivity index (χ1) is 7.80. The molecule has 0 aliphatic rings. The topological polar surface area (TPSA) is 12.0 Å². The summed E-state index contributed by atoms with van der Waals surface area (Å²) in [5.74, 6) is 0.647. The van der Waals surface area contributed by atoms with Gasteiger partial charge in [0.15, 0.2) is 0 Å². The molecule has 0 saturated carbocycles. The van der Waals surface area contributed by atoms with E-state index in [1.807, 2.05) is 12.1 Å². The van der Waals surface area contributed by atoms with Crippen molar-refractivity contribution < 1.29 is 0 Å². The lowest BCUT2D eigenvalue weighted by atomic mass is 9.82. The summed E-state index contributed by atoms with van der Waals surface area (Å²) in [6, 6.07) is 5.92. The Morgan fingerprint density at radius 1 is 1.35 bits per heavy atom. The molecule has 1 unspecified atom stereocenters. The molecule has 0 aliphatic carbocycles. The molecular formula is C14H21BrClN. The van der Waals surface area contributed by atoms with Gasteiger partial charge < -0.3 is 5.32 Å². The molecule has 1 rings (SSSR count). The molecule has 1 nitrogen and oxygen atoms in total. The average Bonchev–Trinajstić information content (AvgIpc) is 2.19. The van der Waals surface area contributed by atoms with E-state index in [0.717, 1.165) is 22.6 Å². The highest BCUT2D eigenvalue weighted by atomic mass is 79.9. The summed E-state index contributed by atoms with van der Waals surface area (Å²) in [5, 5.41) is 4.26. The molecule has 0 fully saturated rings. The third-order valence-corrected chi connectivity index (χ3v) is 4.23. The average molecular weight is 319 g/mol. The van der Waals surface area contributed by atoms with E-state index < -0.39 is 0 Å². The van der Waals surface area contributed by atoms with Gasteiger partial charge in [0.25, 0.3) is 0 Å². The van der Waals surface area contributed by atoms with E-state index >= 15 is 0 Å². The van der Waals surface area contributed by atoms with Gasteiger partial charge in [-0.25, -0.2) is 0 Å². The van der Waals surface area contributed by atoms with Crippen LogP contribution in [0, 0.1) is 11.3 Å². The summed E-state index contributed by atoms with van der Waals surface area (Å²) < 4.78 is 1.07. The van der Waals surface area contributed by atoms with Crippen LogP contribution in [0.5, 0.6) is 0 Å². The lowest BCUT2D eigenvalue weighted by molar-refractivity contribution is 0.252. The minimum atomic E-state index is 0.351. The molecule has 0 amide bonds. The fraction of sp³-hybridized carbons (Fsp3) is 0.571. The molecule has 0 aromatic heterocycles. The fourth-order valence-corrected chi connectivity index (χ4v) is 2.22. The number of nitrogens with one attached hydrogen (secondary N) is 1. The summed E-state index contributed by atoms with van der Waals surface area (Å²) in [4.78, 5) is 0. The normalized spacial score (nSPS) is 13.8. The van der Waals surface area contributed by atoms with Crippen molar-refractivity contribution in [2.45, 2.75) is 34.2 Å². The Kier molecular flexibility index (Phi) is 5.49. The highest BCUT2D eigenvalue weighted by molar-refractivity contribution is 9.10. The molecule has 1 aromatic rings. The maximum atomic E-state index is 5.91. The van der Waals surface area contributed by atoms with E-state index in [9.17, 15) is 0 Å². The van der Waals surface area contributed by atoms with Gasteiger partial charge in [-0.3, -0.25) is 0 Å². The first-order valence-corrected chi connectivity index (χ1v) is 7.12. The van der Waals surface area contributed by atoms with Crippen molar-refractivity contribution in [3.8, 4) is 0 Å². The van der Waals surface area contributed by atoms with Gasteiger partial charge in [-0.1, -0.05) is 61.3 Å². The standard InChI is InChI=1S/C14H21BrClN/c1-10(14(2,3)4)8-17-9-11-5-6-12(16)7-13(11)15/h5-7,10,17H,8-9H2,1-4H3. The highest BCUT2D eigenvalue weighted by Crippen LogP contribution is 2.25. The van der Waals surface area contributed by atoms with Crippen LogP contribution >= 0.6 is 27.5 Å². The summed E-state index contributed by atoms with van der Waals surface area (Å²) in [6.07, 6.45) is 0. The summed E-state index contributed by atoms with van der Waals surface area (Å²) in [6.45, 7) is 11.0. The molecule has 1 atom stereocenters. The van der Waals surface area contributed by atoms with Crippen LogP contribution in [0.3, 0.4) is 0 Å². The lowest BCUT2D eigenvalue weighted by Crippen LogP contribution is -2.29. The second-order valence-electron chi connectivity index (χ2n) is 5.63. The minimum Gasteiger partial charge on any atom is -0.312 e. The van der Waals surface area contributed by atoms with Gasteiger partial charge >= 0.3 is 0 Å². The van der Waals surface area contributed by atoms with Crippen LogP contribution in [0.25, 0.3) is 0 Å². The fourth-order valence-electron chi connectivity index (χ4n) is 1.39. The van der Waals surface area contributed by atoms with Gasteiger partial charge in [0.2, 0.25) is 0 Å². The monoisotopic (exact) mass is 317 g/mol. The van der Waals surface area contributed by atoms with Crippen molar-refractivity contribution in [2.75, 3.05) is 6.54 Å². The summed E-state index contributed by atoms with van der Waals surface area (Å²) >= 11 is 9.44. The number of rotatable bonds is 4. The Hall–Kier alpha value is -0.0500. The van der Waals surface area contributed by atoms with Gasteiger partial charge in [0.05, 0.1) is 0 Å². The molecule has 96 valence electrons. The summed E-state index contributed by atoms with van der Waals surface area (Å²) in [5.41, 5.74) is 1.60. The molecule has 0 aliphatic heterocycles. The zero-order chi connectivity index (χ0) is 13.1. The second-order valence-corrected chi connectivity index (χ2v) is 6.92. The van der Waals surface area contributed by atoms with E-state index in [4.69, 9.17) is 11.6 Å². The predicted octanol–water partition coefficient (Wildman–Crippen LogP) is 4.87. The first kappa shape index (κ1) is 15.0. The maximum Gasteiger partial charge on any atom is 0.0417 e. The number of hydrogen-bond acceptors (Lipinski definition) is 1. The summed E-state index contributed by atoms with van der Waals surface area (Å²) in [7, 11) is 0. The molecular weight excluding hydrogens is 298 g/mol. The predicted molar refractivity (Wildman–Crippen MR) is 79.5 cm³/mol. The number of halogens is 2. The third kappa shape index (κ3) is 4.99. The van der Waals surface area contributed by atoms with Crippen LogP contribution in [0.15, 0.2) is 22.7 Å². The molecule has 0 heterocycles. The molecule has 17 heavy (non-hydrogen) atoms. The third-order valence-electron chi connectivity index (χ3n) is 3.26. The zero-order valence-corrected chi connectivity index (χ0v) is 13.3. The maximum absolute atomic E-state index is 5.91. The minimum absolute atomic E-state index is 0.351. The van der Waals surface area contributed by atoms with Crippen molar-refractivity contribution in [3.05, 3.63) is 33.3 Å². The molecule has 0 radical (unpaired) electrons. The van der Waals surface area contributed by atoms with Crippen LogP contribution in [0.2, 0.25) is 5.02 Å². The lowest BCUT2D eigenvalue weighted by Gasteiger charge is -2.27. The van der Waals surface area contributed by atoms with Crippen LogP contribution < -0.4 is 5.32 Å². The quantitative estimate of drug-likeness (QED) is 0.834. The Labute approximate surface area is 118 Å². The van der Waals surface area contributed by atoms with E-state index in [1.165, 1.54) is 5.56 Å². The van der Waals surface area contributed by atoms with Gasteiger partial charge in [-0.2, -0.15) is 0 Å². The van der Waals surface area contributed by atoms with E-state index in [0.29, 0.717) is 11.3 Å². The van der Waals surface area contributed by atoms with Crippen LogP contribution in [-0.4, -0.2) is 6.54 Å². The number of benzene rings is 1. The van der Waals surface area contributed by atoms with Crippen molar-refractivity contribution in [1.29, 1.82) is 0 Å². The molecule has 1 aromatic carbocycles. The highest BCUT2D eigenvalue weighted by Gasteiger charge is 2.19. The first-order valence-electron chi connectivity index (χ1n) is 5.95. The largest absolute Gasteiger partial charge is 0.312 e. The molecule has 1 N–H and O–H groups in total. The van der Waals surface area contributed by atoms with Gasteiger partial charge in [-0.15, -0.1) is 0 Å². The molecule has 3 heteroatoms. The van der Waals surface area contributed by atoms with E-state index in [1.54, 1.807) is 0 Å². The zero-order valence-electron chi connectivity index (χ0n) is 11.0. The molecule has 0 bridgehead atoms. The van der Waals surface area contributed by atoms with Gasteiger partial charge in [0, 0.05) is 16.0 Å². The Morgan fingerprint density at radius 3 is 2.53 bits per heavy atom. The Morgan fingerprint density at radius 2 is 2.00 bits per heavy atom. The van der Waals surface area contributed by atoms with Crippen LogP contribution in [-0.2, 0) is 6.54 Å². The Bertz CT molecular complexity index is 371. The smallest absolute Gasteiger partial charge is 0.0417 e. The van der Waals surface area contributed by atoms with Crippen LogP contribution in [0.1, 0.15) is 33.3 Å². The van der Waals surface area contributed by atoms with Crippen molar-refractivity contribution in [1.82, 2.24) is 5.32 Å². The van der Waals surface area contributed by atoms with Crippen molar-refractivity contribution >= 4 is 27.5 Å². The van der Waals surface area contributed by atoms with E-state index in [-0.39, 0.29) is 0 Å². The van der Waals surface area contributed by atoms with Crippen LogP contribution in [0.4, 0.5) is 0 Å². The number of hydrogen-bond donors (Lipinski definition) is 1. The van der Waals surface area contributed by atoms with Gasteiger partial charge in [0.1, 0.15) is 0 Å². The molecule has 0 spiro atoms. The Balaban J connectivity index is 2.46. The van der Waals surface area contributed by atoms with Crippen molar-refractivity contribution in [3.63, 3.8) is 0 Å². The van der Waals surface area contributed by atoms with E-state index in [2.05, 4.69) is 55.0 Å².